The number of benzene rings is 2. The molecule has 0 fully saturated rings. The Morgan fingerprint density at radius 3 is 2.87 bits per heavy atom. The van der Waals surface area contributed by atoms with E-state index in [2.05, 4.69) is 10.3 Å². The zero-order valence-electron chi connectivity index (χ0n) is 12.2. The predicted molar refractivity (Wildman–Crippen MR) is 89.4 cm³/mol. The van der Waals surface area contributed by atoms with Gasteiger partial charge in [-0.15, -0.1) is 0 Å². The fourth-order valence-corrected chi connectivity index (χ4v) is 2.35. The van der Waals surface area contributed by atoms with Crippen LogP contribution in [0.1, 0.15) is 0 Å². The molecule has 0 radical (unpaired) electrons. The lowest BCUT2D eigenvalue weighted by atomic mass is 10.1. The van der Waals surface area contributed by atoms with Crippen LogP contribution in [-0.2, 0) is 0 Å². The number of carbonyl (C=O) groups excluding carboxylic acids is 1. The van der Waals surface area contributed by atoms with Gasteiger partial charge in [-0.3, -0.25) is 10.3 Å². The number of halogens is 1. The molecule has 23 heavy (non-hydrogen) atoms. The molecular weight excluding hydrogens is 316 g/mol. The topological polar surface area (TPSA) is 60.5 Å². The number of carbonyl (C=O) groups is 1. The van der Waals surface area contributed by atoms with Gasteiger partial charge in [0.15, 0.2) is 0 Å². The zero-order valence-corrected chi connectivity index (χ0v) is 13.0. The van der Waals surface area contributed by atoms with Gasteiger partial charge in [0.1, 0.15) is 11.5 Å². The van der Waals surface area contributed by atoms with E-state index in [4.69, 9.17) is 21.1 Å². The molecule has 3 rings (SSSR count). The van der Waals surface area contributed by atoms with Crippen molar-refractivity contribution in [1.82, 2.24) is 4.98 Å². The van der Waals surface area contributed by atoms with E-state index < -0.39 is 6.09 Å². The SMILES string of the molecule is COc1cc(Cl)ccc1NC(=O)Oc1cccc2cnccc12. The van der Waals surface area contributed by atoms with Crippen LogP contribution in [-0.4, -0.2) is 18.2 Å². The first-order chi connectivity index (χ1) is 11.2. The fourth-order valence-electron chi connectivity index (χ4n) is 2.19. The molecule has 1 N–H and O–H groups in total. The Balaban J connectivity index is 1.82. The first kappa shape index (κ1) is 15.1. The number of nitrogens with one attached hydrogen (secondary N) is 1. The van der Waals surface area contributed by atoms with Crippen LogP contribution in [0.25, 0.3) is 10.8 Å². The zero-order chi connectivity index (χ0) is 16.2. The van der Waals surface area contributed by atoms with Crippen molar-refractivity contribution in [3.8, 4) is 11.5 Å². The van der Waals surface area contributed by atoms with Crippen LogP contribution in [0.2, 0.25) is 5.02 Å². The molecule has 5 nitrogen and oxygen atoms in total. The Morgan fingerprint density at radius 1 is 1.17 bits per heavy atom. The van der Waals surface area contributed by atoms with E-state index in [0.29, 0.717) is 22.2 Å². The average molecular weight is 329 g/mol. The Kier molecular flexibility index (Phi) is 4.30. The van der Waals surface area contributed by atoms with Crippen LogP contribution in [0, 0.1) is 0 Å². The molecule has 0 unspecified atom stereocenters. The van der Waals surface area contributed by atoms with Crippen molar-refractivity contribution in [2.45, 2.75) is 0 Å². The normalized spacial score (nSPS) is 10.3. The summed E-state index contributed by atoms with van der Waals surface area (Å²) >= 11 is 5.90. The Hall–Kier alpha value is -2.79. The maximum Gasteiger partial charge on any atom is 0.417 e. The number of methoxy groups -OCH3 is 1. The quantitative estimate of drug-likeness (QED) is 0.768. The van der Waals surface area contributed by atoms with Crippen molar-refractivity contribution < 1.29 is 14.3 Å². The molecule has 116 valence electrons. The Labute approximate surface area is 137 Å². The molecule has 0 aliphatic rings. The van der Waals surface area contributed by atoms with Gasteiger partial charge in [-0.1, -0.05) is 23.7 Å². The number of hydrogen-bond donors (Lipinski definition) is 1. The summed E-state index contributed by atoms with van der Waals surface area (Å²) in [6, 6.07) is 12.1. The predicted octanol–water partition coefficient (Wildman–Crippen LogP) is 4.51. The second-order valence-corrected chi connectivity index (χ2v) is 5.15. The molecule has 1 amide bonds. The van der Waals surface area contributed by atoms with Crippen molar-refractivity contribution in [3.63, 3.8) is 0 Å². The highest BCUT2D eigenvalue weighted by atomic mass is 35.5. The van der Waals surface area contributed by atoms with Gasteiger partial charge >= 0.3 is 6.09 Å². The van der Waals surface area contributed by atoms with Gasteiger partial charge in [-0.05, 0) is 24.3 Å². The van der Waals surface area contributed by atoms with Crippen molar-refractivity contribution >= 4 is 34.2 Å². The molecule has 0 aliphatic heterocycles. The van der Waals surface area contributed by atoms with E-state index in [1.54, 1.807) is 48.8 Å². The minimum atomic E-state index is -0.616. The van der Waals surface area contributed by atoms with E-state index in [1.807, 2.05) is 6.07 Å². The van der Waals surface area contributed by atoms with E-state index in [1.165, 1.54) is 7.11 Å². The van der Waals surface area contributed by atoms with Gasteiger partial charge < -0.3 is 9.47 Å². The third-order valence-corrected chi connectivity index (χ3v) is 3.48. The second kappa shape index (κ2) is 6.54. The summed E-state index contributed by atoms with van der Waals surface area (Å²) < 4.78 is 10.6. The second-order valence-electron chi connectivity index (χ2n) is 4.71. The smallest absolute Gasteiger partial charge is 0.417 e. The highest BCUT2D eigenvalue weighted by molar-refractivity contribution is 6.30. The third kappa shape index (κ3) is 3.35. The summed E-state index contributed by atoms with van der Waals surface area (Å²) in [5.41, 5.74) is 0.476. The van der Waals surface area contributed by atoms with Crippen molar-refractivity contribution in [3.05, 3.63) is 59.9 Å². The number of amides is 1. The molecule has 6 heteroatoms. The number of nitrogens with zero attached hydrogens (tertiary/aromatic N) is 1. The van der Waals surface area contributed by atoms with Crippen molar-refractivity contribution in [2.75, 3.05) is 12.4 Å². The van der Waals surface area contributed by atoms with Crippen LogP contribution in [0.4, 0.5) is 10.5 Å². The first-order valence-electron chi connectivity index (χ1n) is 6.82. The van der Waals surface area contributed by atoms with Crippen molar-refractivity contribution in [1.29, 1.82) is 0 Å². The van der Waals surface area contributed by atoms with Crippen LogP contribution in [0.3, 0.4) is 0 Å². The maximum absolute atomic E-state index is 12.1. The molecule has 0 saturated carbocycles. The summed E-state index contributed by atoms with van der Waals surface area (Å²) in [5.74, 6) is 0.909. The number of hydrogen-bond acceptors (Lipinski definition) is 4. The highest BCUT2D eigenvalue weighted by Gasteiger charge is 2.11. The Bertz CT molecular complexity index is 862. The molecule has 0 spiro atoms. The minimum absolute atomic E-state index is 0.454. The van der Waals surface area contributed by atoms with Gasteiger partial charge in [0.2, 0.25) is 0 Å². The molecule has 0 saturated heterocycles. The third-order valence-electron chi connectivity index (χ3n) is 3.24. The van der Waals surface area contributed by atoms with E-state index in [9.17, 15) is 4.79 Å². The van der Waals surface area contributed by atoms with Gasteiger partial charge in [0.05, 0.1) is 12.8 Å². The van der Waals surface area contributed by atoms with Crippen LogP contribution >= 0.6 is 11.6 Å². The molecule has 1 heterocycles. The van der Waals surface area contributed by atoms with Crippen LogP contribution in [0.15, 0.2) is 54.9 Å². The number of aromatic nitrogens is 1. The molecule has 0 bridgehead atoms. The largest absolute Gasteiger partial charge is 0.495 e. The lowest BCUT2D eigenvalue weighted by Gasteiger charge is -2.11. The number of anilines is 1. The maximum atomic E-state index is 12.1. The van der Waals surface area contributed by atoms with Crippen LogP contribution in [0.5, 0.6) is 11.5 Å². The Morgan fingerprint density at radius 2 is 2.04 bits per heavy atom. The first-order valence-corrected chi connectivity index (χ1v) is 7.20. The average Bonchev–Trinajstić information content (AvgIpc) is 2.57. The molecule has 3 aromatic rings. The standard InChI is InChI=1S/C17H13ClN2O3/c1-22-16-9-12(18)5-6-14(16)20-17(21)23-15-4-2-3-11-10-19-8-7-13(11)15/h2-10H,1H3,(H,20,21). The van der Waals surface area contributed by atoms with Crippen molar-refractivity contribution in [2.24, 2.45) is 0 Å². The summed E-state index contributed by atoms with van der Waals surface area (Å²) in [6.07, 6.45) is 2.74. The summed E-state index contributed by atoms with van der Waals surface area (Å²) in [4.78, 5) is 16.2. The fraction of sp³-hybridized carbons (Fsp3) is 0.0588. The number of pyridine rings is 1. The van der Waals surface area contributed by atoms with Gasteiger partial charge in [0.25, 0.3) is 0 Å². The molecular formula is C17H13ClN2O3. The number of rotatable bonds is 3. The van der Waals surface area contributed by atoms with E-state index >= 15 is 0 Å². The van der Waals surface area contributed by atoms with Crippen LogP contribution < -0.4 is 14.8 Å². The molecule has 0 aliphatic carbocycles. The molecule has 0 atom stereocenters. The van der Waals surface area contributed by atoms with E-state index in [-0.39, 0.29) is 0 Å². The molecule has 2 aromatic carbocycles. The van der Waals surface area contributed by atoms with Gasteiger partial charge in [-0.2, -0.15) is 0 Å². The lowest BCUT2D eigenvalue weighted by Crippen LogP contribution is -2.17. The van der Waals surface area contributed by atoms with E-state index in [0.717, 1.165) is 10.8 Å². The summed E-state index contributed by atoms with van der Waals surface area (Å²) in [7, 11) is 1.50. The summed E-state index contributed by atoms with van der Waals surface area (Å²) in [5, 5.41) is 4.85. The van der Waals surface area contributed by atoms with Gasteiger partial charge in [-0.25, -0.2) is 4.79 Å². The number of fused-ring (bicyclic) bond motifs is 1. The van der Waals surface area contributed by atoms with Gasteiger partial charge in [0, 0.05) is 34.3 Å². The summed E-state index contributed by atoms with van der Waals surface area (Å²) in [6.45, 7) is 0. The number of ether oxygens (including phenoxy) is 2. The lowest BCUT2D eigenvalue weighted by molar-refractivity contribution is 0.215. The monoisotopic (exact) mass is 328 g/mol. The highest BCUT2D eigenvalue weighted by Crippen LogP contribution is 2.29. The minimum Gasteiger partial charge on any atom is -0.495 e. The molecule has 1 aromatic heterocycles.